The van der Waals surface area contributed by atoms with Crippen molar-refractivity contribution in [3.8, 4) is 5.75 Å². The molecule has 0 aliphatic carbocycles. The number of benzene rings is 1. The summed E-state index contributed by atoms with van der Waals surface area (Å²) in [5, 5.41) is 11.7. The van der Waals surface area contributed by atoms with Gasteiger partial charge in [-0.2, -0.15) is 0 Å². The Hall–Kier alpha value is -1.82. The molecule has 2 atom stereocenters. The second-order valence-electron chi connectivity index (χ2n) is 4.76. The summed E-state index contributed by atoms with van der Waals surface area (Å²) < 4.78 is 18.2. The zero-order valence-corrected chi connectivity index (χ0v) is 12.0. The first-order valence-electron chi connectivity index (χ1n) is 6.46. The largest absolute Gasteiger partial charge is 0.491 e. The number of aliphatic hydroxyl groups is 1. The number of carbonyl (C=O) groups is 1. The maximum Gasteiger partial charge on any atom is 0.317 e. The van der Waals surface area contributed by atoms with Crippen LogP contribution in [0.4, 0.5) is 9.18 Å². The van der Waals surface area contributed by atoms with Crippen LogP contribution in [0.15, 0.2) is 24.3 Å². The number of carbonyl (C=O) groups excluding carboxylic acids is 1. The predicted molar refractivity (Wildman–Crippen MR) is 74.2 cm³/mol. The van der Waals surface area contributed by atoms with Crippen LogP contribution >= 0.6 is 0 Å². The second kappa shape index (κ2) is 7.69. The highest BCUT2D eigenvalue weighted by atomic mass is 19.1. The monoisotopic (exact) mass is 284 g/mol. The van der Waals surface area contributed by atoms with E-state index >= 15 is 0 Å². The summed E-state index contributed by atoms with van der Waals surface area (Å²) in [7, 11) is 1.61. The van der Waals surface area contributed by atoms with Crippen LogP contribution in [0.5, 0.6) is 5.75 Å². The number of urea groups is 1. The standard InChI is InChI=1S/C14H21FN2O3/c1-10(16-14(19)17(3)11(2)8-18)9-20-13-6-4-12(15)5-7-13/h4-7,10-11,18H,8-9H2,1-3H3,(H,16,19). The van der Waals surface area contributed by atoms with Gasteiger partial charge in [-0.3, -0.25) is 0 Å². The van der Waals surface area contributed by atoms with Crippen molar-refractivity contribution in [2.45, 2.75) is 25.9 Å². The molecule has 0 bridgehead atoms. The topological polar surface area (TPSA) is 61.8 Å². The molecule has 0 aliphatic rings. The number of nitrogens with zero attached hydrogens (tertiary/aromatic N) is 1. The minimum absolute atomic E-state index is 0.0929. The fraction of sp³-hybridized carbons (Fsp3) is 0.500. The number of hydrogen-bond acceptors (Lipinski definition) is 3. The van der Waals surface area contributed by atoms with Crippen molar-refractivity contribution in [1.82, 2.24) is 10.2 Å². The summed E-state index contributed by atoms with van der Waals surface area (Å²) in [5.41, 5.74) is 0. The second-order valence-corrected chi connectivity index (χ2v) is 4.76. The van der Waals surface area contributed by atoms with Gasteiger partial charge in [-0.25, -0.2) is 9.18 Å². The fourth-order valence-corrected chi connectivity index (χ4v) is 1.43. The van der Waals surface area contributed by atoms with Crippen molar-refractivity contribution in [2.24, 2.45) is 0 Å². The smallest absolute Gasteiger partial charge is 0.317 e. The maximum atomic E-state index is 12.7. The van der Waals surface area contributed by atoms with Crippen LogP contribution in [0.25, 0.3) is 0 Å². The minimum atomic E-state index is -0.321. The molecule has 2 N–H and O–H groups in total. The molecule has 0 aliphatic heterocycles. The van der Waals surface area contributed by atoms with Gasteiger partial charge in [-0.1, -0.05) is 0 Å². The molecule has 1 aromatic carbocycles. The molecular formula is C14H21FN2O3. The summed E-state index contributed by atoms with van der Waals surface area (Å²) in [5.74, 6) is 0.225. The normalized spacial score (nSPS) is 13.4. The molecular weight excluding hydrogens is 263 g/mol. The molecule has 20 heavy (non-hydrogen) atoms. The Morgan fingerprint density at radius 1 is 1.40 bits per heavy atom. The van der Waals surface area contributed by atoms with Gasteiger partial charge in [0.05, 0.1) is 18.7 Å². The number of likely N-dealkylation sites (N-methyl/N-ethyl adjacent to an activating group) is 1. The third kappa shape index (κ3) is 5.05. The molecule has 0 saturated heterocycles. The number of hydrogen-bond donors (Lipinski definition) is 2. The Bertz CT molecular complexity index is 425. The number of halogens is 1. The molecule has 2 unspecified atom stereocenters. The Labute approximate surface area is 118 Å². The zero-order valence-electron chi connectivity index (χ0n) is 12.0. The molecule has 2 amide bonds. The molecule has 112 valence electrons. The summed E-state index contributed by atoms with van der Waals surface area (Å²) in [6.45, 7) is 3.74. The highest BCUT2D eigenvalue weighted by molar-refractivity contribution is 5.74. The van der Waals surface area contributed by atoms with Gasteiger partial charge in [-0.05, 0) is 38.1 Å². The Morgan fingerprint density at radius 3 is 2.55 bits per heavy atom. The van der Waals surface area contributed by atoms with E-state index in [1.165, 1.54) is 29.2 Å². The number of nitrogens with one attached hydrogen (secondary N) is 1. The Morgan fingerprint density at radius 2 is 2.00 bits per heavy atom. The fourth-order valence-electron chi connectivity index (χ4n) is 1.43. The SMILES string of the molecule is CC(COc1ccc(F)cc1)NC(=O)N(C)C(C)CO. The van der Waals surface area contributed by atoms with Gasteiger partial charge in [0.1, 0.15) is 18.2 Å². The lowest BCUT2D eigenvalue weighted by atomic mass is 10.3. The van der Waals surface area contributed by atoms with Crippen LogP contribution < -0.4 is 10.1 Å². The third-order valence-corrected chi connectivity index (χ3v) is 2.93. The summed E-state index contributed by atoms with van der Waals surface area (Å²) in [4.78, 5) is 13.2. The highest BCUT2D eigenvalue weighted by Crippen LogP contribution is 2.11. The first-order valence-corrected chi connectivity index (χ1v) is 6.46. The first kappa shape index (κ1) is 16.2. The van der Waals surface area contributed by atoms with Crippen molar-refractivity contribution in [3.05, 3.63) is 30.1 Å². The molecule has 0 aromatic heterocycles. The van der Waals surface area contributed by atoms with Crippen LogP contribution in [0.1, 0.15) is 13.8 Å². The van der Waals surface area contributed by atoms with Crippen LogP contribution in [0.3, 0.4) is 0 Å². The summed E-state index contributed by atoms with van der Waals surface area (Å²) in [6.07, 6.45) is 0. The van der Waals surface area contributed by atoms with Gasteiger partial charge in [0, 0.05) is 7.05 Å². The summed E-state index contributed by atoms with van der Waals surface area (Å²) >= 11 is 0. The van der Waals surface area contributed by atoms with E-state index in [1.54, 1.807) is 20.9 Å². The molecule has 0 spiro atoms. The molecule has 0 saturated carbocycles. The van der Waals surface area contributed by atoms with Crippen LogP contribution in [0.2, 0.25) is 0 Å². The van der Waals surface area contributed by atoms with Crippen molar-refractivity contribution in [2.75, 3.05) is 20.3 Å². The van der Waals surface area contributed by atoms with Gasteiger partial charge < -0.3 is 20.1 Å². The van der Waals surface area contributed by atoms with E-state index in [0.29, 0.717) is 5.75 Å². The molecule has 5 nitrogen and oxygen atoms in total. The van der Waals surface area contributed by atoms with Gasteiger partial charge in [0.25, 0.3) is 0 Å². The summed E-state index contributed by atoms with van der Waals surface area (Å²) in [6, 6.07) is 4.96. The van der Waals surface area contributed by atoms with Crippen molar-refractivity contribution >= 4 is 6.03 Å². The molecule has 0 radical (unpaired) electrons. The lowest BCUT2D eigenvalue weighted by Crippen LogP contribution is -2.48. The molecule has 1 rings (SSSR count). The van der Waals surface area contributed by atoms with Gasteiger partial charge in [-0.15, -0.1) is 0 Å². The average molecular weight is 284 g/mol. The first-order chi connectivity index (χ1) is 9.43. The zero-order chi connectivity index (χ0) is 15.1. The third-order valence-electron chi connectivity index (χ3n) is 2.93. The van der Waals surface area contributed by atoms with E-state index in [9.17, 15) is 9.18 Å². The number of amides is 2. The molecule has 1 aromatic rings. The lowest BCUT2D eigenvalue weighted by Gasteiger charge is -2.25. The van der Waals surface area contributed by atoms with Crippen molar-refractivity contribution in [3.63, 3.8) is 0 Å². The van der Waals surface area contributed by atoms with E-state index in [2.05, 4.69) is 5.32 Å². The number of aliphatic hydroxyl groups excluding tert-OH is 1. The van der Waals surface area contributed by atoms with Crippen LogP contribution in [-0.4, -0.2) is 48.4 Å². The Kier molecular flexibility index (Phi) is 6.24. The molecule has 0 heterocycles. The van der Waals surface area contributed by atoms with E-state index in [0.717, 1.165) is 0 Å². The lowest BCUT2D eigenvalue weighted by molar-refractivity contribution is 0.152. The molecule has 0 fully saturated rings. The van der Waals surface area contributed by atoms with Gasteiger partial charge in [0.2, 0.25) is 0 Å². The van der Waals surface area contributed by atoms with Crippen molar-refractivity contribution in [1.29, 1.82) is 0 Å². The van der Waals surface area contributed by atoms with Crippen molar-refractivity contribution < 1.29 is 19.0 Å². The number of rotatable bonds is 6. The number of ether oxygens (including phenoxy) is 1. The van der Waals surface area contributed by atoms with Crippen LogP contribution in [-0.2, 0) is 0 Å². The Balaban J connectivity index is 2.38. The van der Waals surface area contributed by atoms with Crippen LogP contribution in [0, 0.1) is 5.82 Å². The van der Waals surface area contributed by atoms with E-state index < -0.39 is 0 Å². The van der Waals surface area contributed by atoms with Gasteiger partial charge >= 0.3 is 6.03 Å². The van der Waals surface area contributed by atoms with E-state index in [4.69, 9.17) is 9.84 Å². The minimum Gasteiger partial charge on any atom is -0.491 e. The average Bonchev–Trinajstić information content (AvgIpc) is 2.44. The van der Waals surface area contributed by atoms with E-state index in [-0.39, 0.29) is 37.1 Å². The highest BCUT2D eigenvalue weighted by Gasteiger charge is 2.16. The molecule has 6 heteroatoms. The van der Waals surface area contributed by atoms with Gasteiger partial charge in [0.15, 0.2) is 0 Å². The quantitative estimate of drug-likeness (QED) is 0.834. The maximum absolute atomic E-state index is 12.7. The predicted octanol–water partition coefficient (Wildman–Crippen LogP) is 1.62. The van der Waals surface area contributed by atoms with E-state index in [1.807, 2.05) is 0 Å².